The Morgan fingerprint density at radius 3 is 2.48 bits per heavy atom. The van der Waals surface area contributed by atoms with E-state index < -0.39 is 9.84 Å². The summed E-state index contributed by atoms with van der Waals surface area (Å²) in [5.74, 6) is 0.418. The van der Waals surface area contributed by atoms with E-state index in [1.54, 1.807) is 23.7 Å². The van der Waals surface area contributed by atoms with Crippen molar-refractivity contribution in [2.45, 2.75) is 42.9 Å². The highest BCUT2D eigenvalue weighted by molar-refractivity contribution is 7.92. The zero-order valence-electron chi connectivity index (χ0n) is 16.9. The fourth-order valence-corrected chi connectivity index (χ4v) is 4.99. The molecule has 0 atom stereocenters. The van der Waals surface area contributed by atoms with Gasteiger partial charge in [0.1, 0.15) is 5.75 Å². The Kier molecular flexibility index (Phi) is 5.92. The van der Waals surface area contributed by atoms with Gasteiger partial charge in [0.05, 0.1) is 21.8 Å². The molecule has 1 aliphatic carbocycles. The van der Waals surface area contributed by atoms with Crippen molar-refractivity contribution in [2.75, 3.05) is 5.32 Å². The monoisotopic (exact) mass is 459 g/mol. The molecule has 2 heterocycles. The van der Waals surface area contributed by atoms with E-state index in [1.165, 1.54) is 35.6 Å². The standard InChI is InChI=1S/C21H21N3O5S2/c1-13(2)28-18-11-14(20(25)24-21-22-9-10-30-21)12-19(23-18)29-15-3-5-16(6-4-15)31(26,27)17-7-8-17/h3-6,9-13,17H,7-8H2,1-2H3,(H,22,24,25). The predicted molar refractivity (Wildman–Crippen MR) is 117 cm³/mol. The first-order valence-electron chi connectivity index (χ1n) is 9.72. The lowest BCUT2D eigenvalue weighted by Gasteiger charge is -2.13. The van der Waals surface area contributed by atoms with Gasteiger partial charge >= 0.3 is 0 Å². The van der Waals surface area contributed by atoms with E-state index >= 15 is 0 Å². The first-order valence-corrected chi connectivity index (χ1v) is 12.2. The SMILES string of the molecule is CC(C)Oc1cc(C(=O)Nc2nccs2)cc(Oc2ccc(S(=O)(=O)C3CC3)cc2)n1. The summed E-state index contributed by atoms with van der Waals surface area (Å²) in [4.78, 5) is 21.3. The first kappa shape index (κ1) is 21.3. The van der Waals surface area contributed by atoms with E-state index in [4.69, 9.17) is 9.47 Å². The molecule has 0 radical (unpaired) electrons. The minimum atomic E-state index is -3.27. The van der Waals surface area contributed by atoms with Gasteiger partial charge in [0.2, 0.25) is 11.8 Å². The number of carbonyl (C=O) groups excluding carboxylic acids is 1. The molecule has 2 aromatic heterocycles. The Labute approximate surface area is 184 Å². The molecular formula is C21H21N3O5S2. The number of anilines is 1. The number of benzene rings is 1. The molecule has 0 spiro atoms. The number of pyridine rings is 1. The fraction of sp³-hybridized carbons (Fsp3) is 0.286. The lowest BCUT2D eigenvalue weighted by molar-refractivity contribution is 0.102. The number of hydrogen-bond acceptors (Lipinski definition) is 8. The van der Waals surface area contributed by atoms with Crippen molar-refractivity contribution in [3.63, 3.8) is 0 Å². The van der Waals surface area contributed by atoms with Gasteiger partial charge in [-0.15, -0.1) is 11.3 Å². The molecular weight excluding hydrogens is 438 g/mol. The van der Waals surface area contributed by atoms with Crippen molar-refractivity contribution < 1.29 is 22.7 Å². The topological polar surface area (TPSA) is 107 Å². The van der Waals surface area contributed by atoms with Crippen LogP contribution in [-0.4, -0.2) is 35.6 Å². The summed E-state index contributed by atoms with van der Waals surface area (Å²) < 4.78 is 36.1. The second kappa shape index (κ2) is 8.64. The van der Waals surface area contributed by atoms with E-state index in [1.807, 2.05) is 13.8 Å². The van der Waals surface area contributed by atoms with Crippen LogP contribution in [-0.2, 0) is 9.84 Å². The van der Waals surface area contributed by atoms with Crippen LogP contribution in [0.4, 0.5) is 5.13 Å². The number of carbonyl (C=O) groups is 1. The van der Waals surface area contributed by atoms with Crippen LogP contribution in [0.3, 0.4) is 0 Å². The van der Waals surface area contributed by atoms with Crippen LogP contribution in [0.1, 0.15) is 37.0 Å². The fourth-order valence-electron chi connectivity index (χ4n) is 2.81. The van der Waals surface area contributed by atoms with Gasteiger partial charge in [-0.2, -0.15) is 4.98 Å². The summed E-state index contributed by atoms with van der Waals surface area (Å²) in [5, 5.41) is 4.68. The lowest BCUT2D eigenvalue weighted by atomic mass is 10.2. The number of nitrogens with one attached hydrogen (secondary N) is 1. The number of hydrogen-bond donors (Lipinski definition) is 1. The van der Waals surface area contributed by atoms with Gasteiger partial charge < -0.3 is 9.47 Å². The Morgan fingerprint density at radius 2 is 1.87 bits per heavy atom. The molecule has 0 bridgehead atoms. The van der Waals surface area contributed by atoms with Gasteiger partial charge in [-0.25, -0.2) is 13.4 Å². The Hall–Kier alpha value is -2.98. The van der Waals surface area contributed by atoms with Crippen molar-refractivity contribution in [1.82, 2.24) is 9.97 Å². The van der Waals surface area contributed by atoms with Crippen molar-refractivity contribution in [3.8, 4) is 17.5 Å². The summed E-state index contributed by atoms with van der Waals surface area (Å²) >= 11 is 1.31. The number of rotatable bonds is 8. The largest absolute Gasteiger partial charge is 0.475 e. The number of nitrogens with zero attached hydrogens (tertiary/aromatic N) is 2. The highest BCUT2D eigenvalue weighted by atomic mass is 32.2. The summed E-state index contributed by atoms with van der Waals surface area (Å²) in [5.41, 5.74) is 0.295. The molecule has 1 fully saturated rings. The molecule has 1 aromatic carbocycles. The van der Waals surface area contributed by atoms with E-state index in [0.717, 1.165) is 0 Å². The van der Waals surface area contributed by atoms with Crippen LogP contribution < -0.4 is 14.8 Å². The van der Waals surface area contributed by atoms with E-state index in [0.29, 0.717) is 29.3 Å². The quantitative estimate of drug-likeness (QED) is 0.535. The number of ether oxygens (including phenoxy) is 2. The molecule has 0 unspecified atom stereocenters. The van der Waals surface area contributed by atoms with E-state index in [-0.39, 0.29) is 33.9 Å². The summed E-state index contributed by atoms with van der Waals surface area (Å²) in [7, 11) is -3.27. The molecule has 4 rings (SSSR count). The van der Waals surface area contributed by atoms with Gasteiger partial charge in [-0.1, -0.05) is 0 Å². The smallest absolute Gasteiger partial charge is 0.257 e. The highest BCUT2D eigenvalue weighted by Gasteiger charge is 2.36. The molecule has 1 amide bonds. The van der Waals surface area contributed by atoms with Gasteiger partial charge in [0.25, 0.3) is 5.91 Å². The second-order valence-corrected chi connectivity index (χ2v) is 10.4. The van der Waals surface area contributed by atoms with Crippen molar-refractivity contribution in [2.24, 2.45) is 0 Å². The summed E-state index contributed by atoms with van der Waals surface area (Å²) in [6.45, 7) is 3.70. The molecule has 31 heavy (non-hydrogen) atoms. The average Bonchev–Trinajstić information content (AvgIpc) is 3.47. The second-order valence-electron chi connectivity index (χ2n) is 7.31. The maximum Gasteiger partial charge on any atom is 0.257 e. The highest BCUT2D eigenvalue weighted by Crippen LogP contribution is 2.34. The molecule has 10 heteroatoms. The predicted octanol–water partition coefficient (Wildman–Crippen LogP) is 4.31. The maximum atomic E-state index is 12.6. The molecule has 8 nitrogen and oxygen atoms in total. The molecule has 1 saturated carbocycles. The molecule has 0 saturated heterocycles. The van der Waals surface area contributed by atoms with Crippen LogP contribution in [0, 0.1) is 0 Å². The van der Waals surface area contributed by atoms with Gasteiger partial charge in [0, 0.05) is 23.7 Å². The molecule has 162 valence electrons. The summed E-state index contributed by atoms with van der Waals surface area (Å²) in [6.07, 6.45) is 2.87. The van der Waals surface area contributed by atoms with Gasteiger partial charge in [-0.05, 0) is 51.0 Å². The average molecular weight is 460 g/mol. The van der Waals surface area contributed by atoms with Crippen molar-refractivity contribution in [1.29, 1.82) is 0 Å². The Morgan fingerprint density at radius 1 is 1.16 bits per heavy atom. The third-order valence-electron chi connectivity index (χ3n) is 4.39. The van der Waals surface area contributed by atoms with E-state index in [9.17, 15) is 13.2 Å². The first-order chi connectivity index (χ1) is 14.8. The normalized spacial score (nSPS) is 13.8. The molecule has 1 aliphatic rings. The summed E-state index contributed by atoms with van der Waals surface area (Å²) in [6, 6.07) is 9.21. The minimum Gasteiger partial charge on any atom is -0.475 e. The molecule has 3 aromatic rings. The van der Waals surface area contributed by atoms with Crippen LogP contribution in [0.5, 0.6) is 17.5 Å². The van der Waals surface area contributed by atoms with Crippen LogP contribution in [0.2, 0.25) is 0 Å². The Balaban J connectivity index is 1.57. The Bertz CT molecular complexity index is 1170. The zero-order chi connectivity index (χ0) is 22.0. The number of thiazole rings is 1. The van der Waals surface area contributed by atoms with Crippen LogP contribution >= 0.6 is 11.3 Å². The van der Waals surface area contributed by atoms with E-state index in [2.05, 4.69) is 15.3 Å². The van der Waals surface area contributed by atoms with Crippen molar-refractivity contribution >= 4 is 32.2 Å². The van der Waals surface area contributed by atoms with Gasteiger partial charge in [-0.3, -0.25) is 10.1 Å². The van der Waals surface area contributed by atoms with Crippen LogP contribution in [0.25, 0.3) is 0 Å². The zero-order valence-corrected chi connectivity index (χ0v) is 18.6. The number of amides is 1. The van der Waals surface area contributed by atoms with Crippen LogP contribution in [0.15, 0.2) is 52.9 Å². The third kappa shape index (κ3) is 5.20. The van der Waals surface area contributed by atoms with Crippen molar-refractivity contribution in [3.05, 3.63) is 53.5 Å². The maximum absolute atomic E-state index is 12.6. The third-order valence-corrected chi connectivity index (χ3v) is 7.35. The molecule has 1 N–H and O–H groups in total. The number of sulfone groups is 1. The number of aromatic nitrogens is 2. The molecule has 0 aliphatic heterocycles. The lowest BCUT2D eigenvalue weighted by Crippen LogP contribution is -2.14. The van der Waals surface area contributed by atoms with Gasteiger partial charge in [0.15, 0.2) is 15.0 Å². The minimum absolute atomic E-state index is 0.149.